The zero-order valence-corrected chi connectivity index (χ0v) is 18.9. The topological polar surface area (TPSA) is 87.2 Å². The summed E-state index contributed by atoms with van der Waals surface area (Å²) in [5.74, 6) is -2.06. The van der Waals surface area contributed by atoms with E-state index in [1.807, 2.05) is 18.2 Å². The second kappa shape index (κ2) is 9.80. The first-order chi connectivity index (χ1) is 15.8. The first kappa shape index (κ1) is 23.1. The summed E-state index contributed by atoms with van der Waals surface area (Å²) in [7, 11) is -4.37. The first-order valence-corrected chi connectivity index (χ1v) is 12.1. The predicted molar refractivity (Wildman–Crippen MR) is 122 cm³/mol. The predicted octanol–water partition coefficient (Wildman–Crippen LogP) is 3.94. The highest BCUT2D eigenvalue weighted by Gasteiger charge is 2.26. The fourth-order valence-electron chi connectivity index (χ4n) is 3.84. The fraction of sp³-hybridized carbons (Fsp3) is 0.304. The Morgan fingerprint density at radius 3 is 2.48 bits per heavy atom. The van der Waals surface area contributed by atoms with Crippen molar-refractivity contribution in [2.45, 2.75) is 37.4 Å². The van der Waals surface area contributed by atoms with Crippen molar-refractivity contribution in [1.82, 2.24) is 14.9 Å². The minimum absolute atomic E-state index is 0.133. The Labute approximate surface area is 191 Å². The number of benzene rings is 1. The lowest BCUT2D eigenvalue weighted by Gasteiger charge is -2.33. The summed E-state index contributed by atoms with van der Waals surface area (Å²) in [6.07, 6.45) is 3.07. The molecular formula is C23H25F2N5O2S. The van der Waals surface area contributed by atoms with Crippen molar-refractivity contribution in [2.24, 2.45) is 0 Å². The van der Waals surface area contributed by atoms with Crippen LogP contribution in [0.4, 0.5) is 20.3 Å². The second-order valence-corrected chi connectivity index (χ2v) is 9.65. The zero-order valence-electron chi connectivity index (χ0n) is 18.1. The van der Waals surface area contributed by atoms with Gasteiger partial charge in [0.1, 0.15) is 5.82 Å². The van der Waals surface area contributed by atoms with Gasteiger partial charge in [-0.05, 0) is 37.5 Å². The monoisotopic (exact) mass is 473 g/mol. The molecular weight excluding hydrogens is 448 g/mol. The van der Waals surface area contributed by atoms with Crippen molar-refractivity contribution in [3.63, 3.8) is 0 Å². The number of halogens is 2. The quantitative estimate of drug-likeness (QED) is 0.506. The number of nitrogens with zero attached hydrogens (tertiary/aromatic N) is 3. The van der Waals surface area contributed by atoms with Crippen molar-refractivity contribution >= 4 is 21.5 Å². The molecule has 174 valence electrons. The van der Waals surface area contributed by atoms with E-state index in [0.29, 0.717) is 5.69 Å². The van der Waals surface area contributed by atoms with Gasteiger partial charge < -0.3 is 5.32 Å². The summed E-state index contributed by atoms with van der Waals surface area (Å²) < 4.78 is 55.4. The number of aromatic nitrogens is 2. The average Bonchev–Trinajstić information content (AvgIpc) is 2.78. The maximum Gasteiger partial charge on any atom is 0.283 e. The molecule has 33 heavy (non-hydrogen) atoms. The van der Waals surface area contributed by atoms with E-state index in [-0.39, 0.29) is 17.4 Å². The second-order valence-electron chi connectivity index (χ2n) is 8.05. The van der Waals surface area contributed by atoms with Gasteiger partial charge in [0.15, 0.2) is 5.82 Å². The van der Waals surface area contributed by atoms with Crippen LogP contribution in [0.1, 0.15) is 24.0 Å². The van der Waals surface area contributed by atoms with E-state index in [1.165, 1.54) is 30.8 Å². The number of likely N-dealkylation sites (tertiary alicyclic amines) is 1. The van der Waals surface area contributed by atoms with E-state index < -0.39 is 26.8 Å². The number of piperidine rings is 1. The molecule has 0 amide bonds. The number of sulfonamides is 1. The Balaban J connectivity index is 1.40. The third-order valence-electron chi connectivity index (χ3n) is 5.64. The molecule has 10 heteroatoms. The normalized spacial score (nSPS) is 15.4. The van der Waals surface area contributed by atoms with Gasteiger partial charge in [-0.25, -0.2) is 14.4 Å². The van der Waals surface area contributed by atoms with Crippen molar-refractivity contribution in [1.29, 1.82) is 0 Å². The summed E-state index contributed by atoms with van der Waals surface area (Å²) in [5, 5.41) is 2.55. The van der Waals surface area contributed by atoms with Crippen LogP contribution >= 0.6 is 0 Å². The molecule has 1 aliphatic heterocycles. The summed E-state index contributed by atoms with van der Waals surface area (Å²) in [4.78, 5) is 9.66. The van der Waals surface area contributed by atoms with Gasteiger partial charge in [0.05, 0.1) is 11.9 Å². The lowest BCUT2D eigenvalue weighted by atomic mass is 10.0. The van der Waals surface area contributed by atoms with Gasteiger partial charge in [-0.1, -0.05) is 36.4 Å². The van der Waals surface area contributed by atoms with Gasteiger partial charge in [0, 0.05) is 31.2 Å². The molecule has 1 fully saturated rings. The molecule has 3 heterocycles. The molecule has 2 N–H and O–H groups in total. The highest BCUT2D eigenvalue weighted by atomic mass is 32.2. The molecule has 3 aromatic rings. The molecule has 1 aliphatic rings. The highest BCUT2D eigenvalue weighted by Crippen LogP contribution is 2.26. The van der Waals surface area contributed by atoms with Crippen LogP contribution in [0.15, 0.2) is 59.8 Å². The van der Waals surface area contributed by atoms with Crippen LogP contribution in [-0.2, 0) is 16.6 Å². The summed E-state index contributed by atoms with van der Waals surface area (Å²) >= 11 is 0. The van der Waals surface area contributed by atoms with Crippen LogP contribution in [0.3, 0.4) is 0 Å². The third-order valence-corrected chi connectivity index (χ3v) is 6.91. The van der Waals surface area contributed by atoms with Gasteiger partial charge in [-0.3, -0.25) is 9.62 Å². The van der Waals surface area contributed by atoms with Gasteiger partial charge in [0.25, 0.3) is 10.0 Å². The molecule has 0 atom stereocenters. The van der Waals surface area contributed by atoms with Crippen LogP contribution in [0.25, 0.3) is 0 Å². The van der Waals surface area contributed by atoms with E-state index in [1.54, 1.807) is 0 Å². The van der Waals surface area contributed by atoms with Crippen LogP contribution in [-0.4, -0.2) is 42.4 Å². The molecule has 0 unspecified atom stereocenters. The summed E-state index contributed by atoms with van der Waals surface area (Å²) in [5.41, 5.74) is 1.88. The number of hydrogen-bond donors (Lipinski definition) is 2. The number of nitrogens with one attached hydrogen (secondary N) is 2. The van der Waals surface area contributed by atoms with Crippen LogP contribution in [0.5, 0.6) is 0 Å². The average molecular weight is 474 g/mol. The lowest BCUT2D eigenvalue weighted by Crippen LogP contribution is -2.38. The molecule has 1 saturated heterocycles. The maximum absolute atomic E-state index is 15.0. The van der Waals surface area contributed by atoms with Crippen LogP contribution in [0.2, 0.25) is 0 Å². The SMILES string of the molecule is Cc1c(NC2CCN(Cc3ccccc3)CC2)cnc(S(=O)(=O)Nc2cccc(F)n2)c1F. The van der Waals surface area contributed by atoms with E-state index >= 15 is 0 Å². The Kier molecular flexibility index (Phi) is 6.85. The van der Waals surface area contributed by atoms with E-state index in [2.05, 4.69) is 37.0 Å². The Morgan fingerprint density at radius 2 is 1.79 bits per heavy atom. The summed E-state index contributed by atoms with van der Waals surface area (Å²) in [6.45, 7) is 4.20. The molecule has 7 nitrogen and oxygen atoms in total. The molecule has 0 bridgehead atoms. The van der Waals surface area contributed by atoms with Crippen LogP contribution in [0, 0.1) is 18.7 Å². The molecule has 4 rings (SSSR count). The molecule has 0 radical (unpaired) electrons. The molecule has 1 aromatic carbocycles. The number of rotatable bonds is 7. The highest BCUT2D eigenvalue weighted by molar-refractivity contribution is 7.92. The number of anilines is 2. The van der Waals surface area contributed by atoms with E-state index in [0.717, 1.165) is 38.5 Å². The molecule has 2 aromatic heterocycles. The van der Waals surface area contributed by atoms with Gasteiger partial charge in [0.2, 0.25) is 11.0 Å². The van der Waals surface area contributed by atoms with Crippen molar-refractivity contribution in [2.75, 3.05) is 23.1 Å². The fourth-order valence-corrected chi connectivity index (χ4v) is 4.90. The van der Waals surface area contributed by atoms with Gasteiger partial charge in [-0.15, -0.1) is 0 Å². The molecule has 0 saturated carbocycles. The van der Waals surface area contributed by atoms with Gasteiger partial charge in [-0.2, -0.15) is 12.8 Å². The lowest BCUT2D eigenvalue weighted by molar-refractivity contribution is 0.211. The van der Waals surface area contributed by atoms with E-state index in [9.17, 15) is 17.2 Å². The molecule has 0 spiro atoms. The van der Waals surface area contributed by atoms with E-state index in [4.69, 9.17) is 0 Å². The first-order valence-electron chi connectivity index (χ1n) is 10.6. The Bertz CT molecular complexity index is 1220. The minimum Gasteiger partial charge on any atom is -0.381 e. The Hall–Kier alpha value is -3.11. The maximum atomic E-state index is 15.0. The van der Waals surface area contributed by atoms with Crippen molar-refractivity contribution < 1.29 is 17.2 Å². The van der Waals surface area contributed by atoms with Crippen LogP contribution < -0.4 is 10.0 Å². The number of pyridine rings is 2. The number of hydrogen-bond acceptors (Lipinski definition) is 6. The van der Waals surface area contributed by atoms with Crippen molar-refractivity contribution in [3.8, 4) is 0 Å². The summed E-state index contributed by atoms with van der Waals surface area (Å²) in [6, 6.07) is 14.1. The standard InChI is InChI=1S/C23H25F2N5O2S/c1-16-19(27-18-10-12-30(13-11-18)15-17-6-3-2-4-7-17)14-26-23(22(16)25)33(31,32)29-21-9-5-8-20(24)28-21/h2-9,14,18,27H,10-13,15H2,1H3,(H,28,29). The third kappa shape index (κ3) is 5.63. The minimum atomic E-state index is -4.37. The van der Waals surface area contributed by atoms with Crippen molar-refractivity contribution in [3.05, 3.63) is 77.6 Å². The Morgan fingerprint density at radius 1 is 1.06 bits per heavy atom. The molecule has 0 aliphatic carbocycles. The smallest absolute Gasteiger partial charge is 0.283 e. The zero-order chi connectivity index (χ0) is 23.4. The van der Waals surface area contributed by atoms with Gasteiger partial charge >= 0.3 is 0 Å². The largest absolute Gasteiger partial charge is 0.381 e.